The van der Waals surface area contributed by atoms with Gasteiger partial charge in [-0.25, -0.2) is 0 Å². The molecule has 0 heterocycles. The molecule has 0 saturated heterocycles. The van der Waals surface area contributed by atoms with Gasteiger partial charge >= 0.3 is 77.3 Å². The van der Waals surface area contributed by atoms with E-state index in [1.807, 2.05) is 0 Å². The van der Waals surface area contributed by atoms with Crippen molar-refractivity contribution >= 4 is 40.5 Å². The Hall–Kier alpha value is 0.350. The number of thiol groups is 1. The number of nitrogens with one attached hydrogen (secondary N) is 1. The van der Waals surface area contributed by atoms with Crippen LogP contribution in [0.15, 0.2) is 0 Å². The third-order valence-corrected chi connectivity index (χ3v) is 3.06. The summed E-state index contributed by atoms with van der Waals surface area (Å²) in [7, 11) is 0. The van der Waals surface area contributed by atoms with Gasteiger partial charge in [0.25, 0.3) is 0 Å². The van der Waals surface area contributed by atoms with Crippen LogP contribution in [-0.4, -0.2) is 10.5 Å². The van der Waals surface area contributed by atoms with E-state index in [0.29, 0.717) is 0 Å². The Labute approximate surface area is 77.3 Å². The van der Waals surface area contributed by atoms with Gasteiger partial charge < -0.3 is 0 Å². The van der Waals surface area contributed by atoms with Crippen LogP contribution in [0.2, 0.25) is 0 Å². The Kier molecular flexibility index (Phi) is 7.72. The summed E-state index contributed by atoms with van der Waals surface area (Å²) in [6, 6.07) is 0. The van der Waals surface area contributed by atoms with Crippen molar-refractivity contribution in [2.45, 2.75) is 19.8 Å². The van der Waals surface area contributed by atoms with Crippen LogP contribution in [0.5, 0.6) is 0 Å². The van der Waals surface area contributed by atoms with Crippen molar-refractivity contribution in [1.82, 2.24) is 4.72 Å². The molecule has 0 aromatic heterocycles. The maximum atomic E-state index is 10.4. The summed E-state index contributed by atoms with van der Waals surface area (Å²) in [5.41, 5.74) is 0. The number of hydrogen-bond acceptors (Lipinski definition) is 3. The van der Waals surface area contributed by atoms with Crippen LogP contribution < -0.4 is 4.72 Å². The summed E-state index contributed by atoms with van der Waals surface area (Å²) in [4.78, 5) is 10.4. The van der Waals surface area contributed by atoms with Gasteiger partial charge in [0.1, 0.15) is 0 Å². The summed E-state index contributed by atoms with van der Waals surface area (Å²) in [6.07, 6.45) is 1.90. The van der Waals surface area contributed by atoms with Gasteiger partial charge in [-0.2, -0.15) is 0 Å². The molecule has 0 radical (unpaired) electrons. The molecule has 0 aromatic rings. The average Bonchev–Trinajstić information content (AvgIpc) is 1.98. The van der Waals surface area contributed by atoms with Gasteiger partial charge in [-0.3, -0.25) is 0 Å². The van der Waals surface area contributed by atoms with Crippen LogP contribution in [0.1, 0.15) is 19.8 Å². The van der Waals surface area contributed by atoms with E-state index in [2.05, 4.69) is 24.5 Å². The van der Waals surface area contributed by atoms with Crippen LogP contribution >= 0.6 is 34.4 Å². The third kappa shape index (κ3) is 6.47. The third-order valence-electron chi connectivity index (χ3n) is 0.807. The first-order valence-electron chi connectivity index (χ1n) is 3.04. The molecule has 62 valence electrons. The van der Waals surface area contributed by atoms with Crippen molar-refractivity contribution in [3.05, 3.63) is 0 Å². The van der Waals surface area contributed by atoms with E-state index >= 15 is 0 Å². The van der Waals surface area contributed by atoms with Crippen molar-refractivity contribution in [2.75, 3.05) is 4.43 Å². The molecule has 0 aromatic carbocycles. The second-order valence-corrected chi connectivity index (χ2v) is 4.20. The Morgan fingerprint density at radius 1 is 1.80 bits per heavy atom. The molecule has 0 aliphatic heterocycles. The van der Waals surface area contributed by atoms with E-state index in [0.717, 1.165) is 17.3 Å². The minimum absolute atomic E-state index is 0.415. The Bertz CT molecular complexity index is 102. The van der Waals surface area contributed by atoms with E-state index in [9.17, 15) is 4.79 Å². The van der Waals surface area contributed by atoms with Crippen molar-refractivity contribution in [3.63, 3.8) is 0 Å². The fourth-order valence-corrected chi connectivity index (χ4v) is 2.38. The van der Waals surface area contributed by atoms with Crippen LogP contribution in [0.4, 0.5) is 4.79 Å². The summed E-state index contributed by atoms with van der Waals surface area (Å²) < 4.78 is 7.96. The molecule has 0 spiro atoms. The molecule has 0 aliphatic carbocycles. The van der Waals surface area contributed by atoms with Gasteiger partial charge in [0.05, 0.1) is 0 Å². The molecular formula is C5H12INO2S. The van der Waals surface area contributed by atoms with Crippen molar-refractivity contribution in [1.29, 1.82) is 0 Å². The predicted molar refractivity (Wildman–Crippen MR) is 53.8 cm³/mol. The number of unbranched alkanes of at least 4 members (excludes halogenated alkanes) is 1. The van der Waals surface area contributed by atoms with Gasteiger partial charge in [-0.05, 0) is 0 Å². The molecule has 1 amide bonds. The Balaban J connectivity index is 2.96. The zero-order valence-corrected chi connectivity index (χ0v) is 9.02. The van der Waals surface area contributed by atoms with Gasteiger partial charge in [-0.15, -0.1) is 0 Å². The number of carbonyl (C=O) groups is 1. The van der Waals surface area contributed by atoms with E-state index in [1.165, 1.54) is 0 Å². The minimum atomic E-state index is -0.548. The van der Waals surface area contributed by atoms with Gasteiger partial charge in [0.2, 0.25) is 0 Å². The SMILES string of the molecule is CCCC[IH]OC(=O)NS. The van der Waals surface area contributed by atoms with Crippen LogP contribution in [0, 0.1) is 0 Å². The van der Waals surface area contributed by atoms with E-state index in [1.54, 1.807) is 0 Å². The van der Waals surface area contributed by atoms with E-state index in [-0.39, 0.29) is 0 Å². The summed E-state index contributed by atoms with van der Waals surface area (Å²) in [6.45, 7) is 2.12. The molecule has 0 aliphatic rings. The van der Waals surface area contributed by atoms with Crippen molar-refractivity contribution < 1.29 is 7.86 Å². The van der Waals surface area contributed by atoms with Gasteiger partial charge in [0, 0.05) is 0 Å². The maximum absolute atomic E-state index is 10.4. The van der Waals surface area contributed by atoms with Crippen molar-refractivity contribution in [3.8, 4) is 0 Å². The first-order valence-corrected chi connectivity index (χ1v) is 6.09. The summed E-state index contributed by atoms with van der Waals surface area (Å²) >= 11 is 2.99. The number of halogens is 1. The zero-order chi connectivity index (χ0) is 7.82. The molecule has 0 bridgehead atoms. The second kappa shape index (κ2) is 7.46. The Morgan fingerprint density at radius 2 is 2.50 bits per heavy atom. The molecule has 0 atom stereocenters. The monoisotopic (exact) mass is 277 g/mol. The summed E-state index contributed by atoms with van der Waals surface area (Å²) in [5.74, 6) is 0. The standard InChI is InChI=1S/C5H12INO2S/c1-2-3-4-6-9-5(8)7-10/h6,10H,2-4H2,1H3,(H,7,8). The topological polar surface area (TPSA) is 38.3 Å². The fourth-order valence-electron chi connectivity index (χ4n) is 0.317. The number of carbonyl (C=O) groups excluding carboxylic acids is 1. The van der Waals surface area contributed by atoms with Gasteiger partial charge in [-0.1, -0.05) is 0 Å². The number of alkyl halides is 1. The average molecular weight is 277 g/mol. The first-order chi connectivity index (χ1) is 4.81. The molecule has 5 heteroatoms. The molecule has 0 saturated carbocycles. The predicted octanol–water partition coefficient (Wildman–Crippen LogP) is 1.98. The molecule has 3 nitrogen and oxygen atoms in total. The molecular weight excluding hydrogens is 265 g/mol. The van der Waals surface area contributed by atoms with Crippen molar-refractivity contribution in [2.24, 2.45) is 0 Å². The zero-order valence-electron chi connectivity index (χ0n) is 5.79. The second-order valence-electron chi connectivity index (χ2n) is 1.66. The molecule has 1 N–H and O–H groups in total. The number of rotatable bonds is 4. The van der Waals surface area contributed by atoms with E-state index in [4.69, 9.17) is 3.07 Å². The molecule has 0 rings (SSSR count). The molecule has 0 fully saturated rings. The van der Waals surface area contributed by atoms with Gasteiger partial charge in [0.15, 0.2) is 0 Å². The van der Waals surface area contributed by atoms with Crippen LogP contribution in [0.25, 0.3) is 0 Å². The first kappa shape index (κ1) is 10.3. The Morgan fingerprint density at radius 3 is 3.00 bits per heavy atom. The molecule has 10 heavy (non-hydrogen) atoms. The normalized spacial score (nSPS) is 9.40. The number of amides is 1. The summed E-state index contributed by atoms with van der Waals surface area (Å²) in [5, 5.41) is 0. The molecule has 0 unspecified atom stereocenters. The van der Waals surface area contributed by atoms with E-state index < -0.39 is 27.7 Å². The van der Waals surface area contributed by atoms with Crippen LogP contribution in [0.3, 0.4) is 0 Å². The fraction of sp³-hybridized carbons (Fsp3) is 0.800. The van der Waals surface area contributed by atoms with Crippen LogP contribution in [-0.2, 0) is 3.07 Å². The quantitative estimate of drug-likeness (QED) is 0.357. The number of hydrogen-bond donors (Lipinski definition) is 2.